The molecular formula is C13H17NO2. The van der Waals surface area contributed by atoms with Crippen molar-refractivity contribution < 1.29 is 9.53 Å². The van der Waals surface area contributed by atoms with Crippen LogP contribution in [-0.4, -0.2) is 19.1 Å². The molecule has 0 bridgehead atoms. The predicted octanol–water partition coefficient (Wildman–Crippen LogP) is 1.59. The molecular weight excluding hydrogens is 202 g/mol. The molecule has 1 aliphatic heterocycles. The van der Waals surface area contributed by atoms with E-state index in [1.807, 2.05) is 30.3 Å². The predicted molar refractivity (Wildman–Crippen MR) is 61.8 cm³/mol. The number of carbonyl (C=O) groups is 1. The van der Waals surface area contributed by atoms with Crippen molar-refractivity contribution in [3.05, 3.63) is 35.9 Å². The van der Waals surface area contributed by atoms with Crippen LogP contribution < -0.4 is 5.32 Å². The van der Waals surface area contributed by atoms with Gasteiger partial charge >= 0.3 is 5.97 Å². The average molecular weight is 219 g/mol. The Labute approximate surface area is 95.8 Å². The lowest BCUT2D eigenvalue weighted by molar-refractivity contribution is -0.150. The summed E-state index contributed by atoms with van der Waals surface area (Å²) in [5.41, 5.74) is 1.04. The lowest BCUT2D eigenvalue weighted by Gasteiger charge is -2.13. The Kier molecular flexibility index (Phi) is 3.57. The fraction of sp³-hybridized carbons (Fsp3) is 0.462. The molecule has 1 aromatic carbocycles. The zero-order valence-corrected chi connectivity index (χ0v) is 9.48. The zero-order chi connectivity index (χ0) is 11.4. The van der Waals surface area contributed by atoms with Gasteiger partial charge in [-0.3, -0.25) is 4.79 Å². The maximum atomic E-state index is 11.8. The summed E-state index contributed by atoms with van der Waals surface area (Å²) < 4.78 is 5.30. The van der Waals surface area contributed by atoms with Gasteiger partial charge in [-0.05, 0) is 18.0 Å². The molecule has 0 spiro atoms. The molecule has 0 aliphatic carbocycles. The molecule has 1 aliphatic rings. The highest BCUT2D eigenvalue weighted by Gasteiger charge is 2.30. The number of hydrogen-bond donors (Lipinski definition) is 1. The maximum absolute atomic E-state index is 11.8. The van der Waals surface area contributed by atoms with Crippen LogP contribution in [0.3, 0.4) is 0 Å². The number of hydrogen-bond acceptors (Lipinski definition) is 3. The third-order valence-electron chi connectivity index (χ3n) is 3.04. The van der Waals surface area contributed by atoms with Crippen molar-refractivity contribution in [1.29, 1.82) is 0 Å². The fourth-order valence-corrected chi connectivity index (χ4v) is 1.96. The molecule has 0 saturated carbocycles. The van der Waals surface area contributed by atoms with E-state index < -0.39 is 0 Å². The first kappa shape index (κ1) is 11.1. The fourth-order valence-electron chi connectivity index (χ4n) is 1.96. The van der Waals surface area contributed by atoms with Crippen molar-refractivity contribution in [2.24, 2.45) is 11.8 Å². The van der Waals surface area contributed by atoms with Gasteiger partial charge in [-0.1, -0.05) is 37.3 Å². The van der Waals surface area contributed by atoms with E-state index in [1.54, 1.807) is 0 Å². The first-order valence-corrected chi connectivity index (χ1v) is 5.68. The van der Waals surface area contributed by atoms with Gasteiger partial charge in [0, 0.05) is 6.54 Å². The van der Waals surface area contributed by atoms with Gasteiger partial charge in [-0.15, -0.1) is 0 Å². The molecule has 16 heavy (non-hydrogen) atoms. The average Bonchev–Trinajstić information content (AvgIpc) is 2.74. The van der Waals surface area contributed by atoms with Gasteiger partial charge in [0.15, 0.2) is 0 Å². The highest BCUT2D eigenvalue weighted by atomic mass is 16.5. The minimum atomic E-state index is -0.0821. The van der Waals surface area contributed by atoms with Crippen LogP contribution in [0.2, 0.25) is 0 Å². The van der Waals surface area contributed by atoms with Crippen LogP contribution >= 0.6 is 0 Å². The molecule has 0 amide bonds. The van der Waals surface area contributed by atoms with Crippen LogP contribution in [0, 0.1) is 11.8 Å². The number of rotatable bonds is 3. The highest BCUT2D eigenvalue weighted by molar-refractivity contribution is 5.73. The summed E-state index contributed by atoms with van der Waals surface area (Å²) >= 11 is 0. The number of nitrogens with one attached hydrogen (secondary N) is 1. The number of benzene rings is 1. The molecule has 2 atom stereocenters. The lowest BCUT2D eigenvalue weighted by atomic mass is 9.99. The van der Waals surface area contributed by atoms with E-state index in [0.717, 1.165) is 18.7 Å². The van der Waals surface area contributed by atoms with E-state index in [4.69, 9.17) is 4.74 Å². The molecule has 1 saturated heterocycles. The Hall–Kier alpha value is -1.35. The van der Waals surface area contributed by atoms with Crippen LogP contribution in [0.5, 0.6) is 0 Å². The van der Waals surface area contributed by atoms with Crippen LogP contribution in [-0.2, 0) is 16.1 Å². The van der Waals surface area contributed by atoms with Gasteiger partial charge in [-0.25, -0.2) is 0 Å². The molecule has 3 nitrogen and oxygen atoms in total. The number of carbonyl (C=O) groups excluding carboxylic acids is 1. The number of esters is 1. The summed E-state index contributed by atoms with van der Waals surface area (Å²) in [7, 11) is 0. The van der Waals surface area contributed by atoms with Crippen molar-refractivity contribution in [1.82, 2.24) is 5.32 Å². The second-order valence-corrected chi connectivity index (χ2v) is 4.34. The van der Waals surface area contributed by atoms with Crippen molar-refractivity contribution in [3.8, 4) is 0 Å². The second-order valence-electron chi connectivity index (χ2n) is 4.34. The topological polar surface area (TPSA) is 38.3 Å². The quantitative estimate of drug-likeness (QED) is 0.784. The molecule has 0 radical (unpaired) electrons. The minimum Gasteiger partial charge on any atom is -0.461 e. The summed E-state index contributed by atoms with van der Waals surface area (Å²) in [5, 5.41) is 3.20. The molecule has 3 heteroatoms. The molecule has 1 aromatic rings. The maximum Gasteiger partial charge on any atom is 0.310 e. The summed E-state index contributed by atoms with van der Waals surface area (Å²) in [6.45, 7) is 4.11. The van der Waals surface area contributed by atoms with Crippen LogP contribution in [0.4, 0.5) is 0 Å². The van der Waals surface area contributed by atoms with Crippen LogP contribution in [0.15, 0.2) is 30.3 Å². The monoisotopic (exact) mass is 219 g/mol. The Morgan fingerprint density at radius 3 is 2.75 bits per heavy atom. The molecule has 2 rings (SSSR count). The second kappa shape index (κ2) is 5.12. The lowest BCUT2D eigenvalue weighted by Crippen LogP contribution is -2.23. The zero-order valence-electron chi connectivity index (χ0n) is 9.48. The van der Waals surface area contributed by atoms with E-state index in [1.165, 1.54) is 0 Å². The molecule has 86 valence electrons. The van der Waals surface area contributed by atoms with Crippen molar-refractivity contribution in [2.45, 2.75) is 13.5 Å². The van der Waals surface area contributed by atoms with E-state index in [-0.39, 0.29) is 11.9 Å². The first-order valence-electron chi connectivity index (χ1n) is 5.68. The van der Waals surface area contributed by atoms with Gasteiger partial charge in [0.05, 0.1) is 5.92 Å². The molecule has 1 N–H and O–H groups in total. The number of ether oxygens (including phenoxy) is 1. The van der Waals surface area contributed by atoms with Gasteiger partial charge in [0.25, 0.3) is 0 Å². The third-order valence-corrected chi connectivity index (χ3v) is 3.04. The standard InChI is InChI=1S/C13H17NO2/c1-10-7-14-8-12(10)13(15)16-9-11-5-3-2-4-6-11/h2-6,10,12,14H,7-9H2,1H3. The van der Waals surface area contributed by atoms with Crippen molar-refractivity contribution in [2.75, 3.05) is 13.1 Å². The highest BCUT2D eigenvalue weighted by Crippen LogP contribution is 2.17. The van der Waals surface area contributed by atoms with Gasteiger partial charge in [0.2, 0.25) is 0 Å². The van der Waals surface area contributed by atoms with E-state index in [2.05, 4.69) is 12.2 Å². The van der Waals surface area contributed by atoms with E-state index >= 15 is 0 Å². The summed E-state index contributed by atoms with van der Waals surface area (Å²) in [6, 6.07) is 9.77. The largest absolute Gasteiger partial charge is 0.461 e. The molecule has 1 heterocycles. The first-order chi connectivity index (χ1) is 7.77. The van der Waals surface area contributed by atoms with Gasteiger partial charge < -0.3 is 10.1 Å². The molecule has 2 unspecified atom stereocenters. The third kappa shape index (κ3) is 2.61. The summed E-state index contributed by atoms with van der Waals surface area (Å²) in [6.07, 6.45) is 0. The van der Waals surface area contributed by atoms with Gasteiger partial charge in [0.1, 0.15) is 6.61 Å². The Morgan fingerprint density at radius 2 is 2.12 bits per heavy atom. The van der Waals surface area contributed by atoms with Crippen LogP contribution in [0.1, 0.15) is 12.5 Å². The van der Waals surface area contributed by atoms with E-state index in [9.17, 15) is 4.79 Å². The molecule has 1 fully saturated rings. The normalized spacial score (nSPS) is 24.3. The SMILES string of the molecule is CC1CNCC1C(=O)OCc1ccccc1. The smallest absolute Gasteiger partial charge is 0.310 e. The summed E-state index contributed by atoms with van der Waals surface area (Å²) in [4.78, 5) is 11.8. The van der Waals surface area contributed by atoms with Gasteiger partial charge in [-0.2, -0.15) is 0 Å². The Morgan fingerprint density at radius 1 is 1.38 bits per heavy atom. The Balaban J connectivity index is 1.84. The van der Waals surface area contributed by atoms with Crippen molar-refractivity contribution >= 4 is 5.97 Å². The summed E-state index contributed by atoms with van der Waals surface area (Å²) in [5.74, 6) is 0.313. The van der Waals surface area contributed by atoms with Crippen LogP contribution in [0.25, 0.3) is 0 Å². The minimum absolute atomic E-state index is 0.0173. The Bertz CT molecular complexity index is 350. The molecule has 0 aromatic heterocycles. The van der Waals surface area contributed by atoms with E-state index in [0.29, 0.717) is 12.5 Å². The van der Waals surface area contributed by atoms with Crippen molar-refractivity contribution in [3.63, 3.8) is 0 Å².